The summed E-state index contributed by atoms with van der Waals surface area (Å²) in [6, 6.07) is 12.2. The van der Waals surface area contributed by atoms with Crippen LogP contribution in [0.4, 0.5) is 9.52 Å². The second-order valence-corrected chi connectivity index (χ2v) is 11.9. The number of sulfonamides is 1. The number of amides is 1. The van der Waals surface area contributed by atoms with Gasteiger partial charge in [-0.3, -0.25) is 14.4 Å². The summed E-state index contributed by atoms with van der Waals surface area (Å²) in [6.45, 7) is 3.78. The molecule has 5 rings (SSSR count). The van der Waals surface area contributed by atoms with Gasteiger partial charge in [-0.25, -0.2) is 17.8 Å². The van der Waals surface area contributed by atoms with Crippen molar-refractivity contribution in [2.75, 3.05) is 24.5 Å². The Morgan fingerprint density at radius 3 is 2.75 bits per heavy atom. The maximum atomic E-state index is 13.7. The van der Waals surface area contributed by atoms with E-state index in [1.807, 2.05) is 0 Å². The lowest BCUT2D eigenvalue weighted by Gasteiger charge is -2.30. The van der Waals surface area contributed by atoms with Crippen LogP contribution in [0.2, 0.25) is 0 Å². The van der Waals surface area contributed by atoms with E-state index in [0.717, 1.165) is 12.8 Å². The molecule has 0 spiro atoms. The molecule has 3 heterocycles. The number of carbonyl (C=O) groups is 1. The van der Waals surface area contributed by atoms with Crippen molar-refractivity contribution >= 4 is 42.6 Å². The fourth-order valence-electron chi connectivity index (χ4n) is 4.36. The van der Waals surface area contributed by atoms with Crippen molar-refractivity contribution < 1.29 is 17.6 Å². The Bertz CT molecular complexity index is 1470. The molecular weight excluding hydrogens is 501 g/mol. The molecule has 0 aliphatic carbocycles. The zero-order valence-corrected chi connectivity index (χ0v) is 21.4. The van der Waals surface area contributed by atoms with Crippen LogP contribution in [0.1, 0.15) is 30.1 Å². The number of aromatic nitrogens is 3. The lowest BCUT2D eigenvalue weighted by molar-refractivity contribution is 0.0985. The molecular formula is C25H26FN5O3S2. The number of fused-ring (bicyclic) bond motifs is 1. The van der Waals surface area contributed by atoms with Gasteiger partial charge in [0, 0.05) is 37.6 Å². The van der Waals surface area contributed by atoms with Gasteiger partial charge in [-0.15, -0.1) is 0 Å². The lowest BCUT2D eigenvalue weighted by Crippen LogP contribution is -2.39. The van der Waals surface area contributed by atoms with Crippen molar-refractivity contribution in [2.24, 2.45) is 5.92 Å². The zero-order valence-electron chi connectivity index (χ0n) is 19.7. The van der Waals surface area contributed by atoms with Crippen molar-refractivity contribution in [3.63, 3.8) is 0 Å². The van der Waals surface area contributed by atoms with Crippen LogP contribution in [0.15, 0.2) is 65.8 Å². The zero-order chi connectivity index (χ0) is 25.3. The maximum Gasteiger partial charge on any atom is 0.260 e. The number of anilines is 1. The lowest BCUT2D eigenvalue weighted by atomic mass is 10.0. The highest BCUT2D eigenvalue weighted by Gasteiger charge is 2.29. The number of nitrogens with zero attached hydrogens (tertiary/aromatic N) is 5. The van der Waals surface area contributed by atoms with E-state index in [-0.39, 0.29) is 23.2 Å². The molecule has 1 unspecified atom stereocenters. The fraction of sp³-hybridized carbons (Fsp3) is 0.320. The second kappa shape index (κ2) is 10.1. The molecule has 2 aromatic heterocycles. The van der Waals surface area contributed by atoms with E-state index in [0.29, 0.717) is 46.5 Å². The van der Waals surface area contributed by atoms with Crippen LogP contribution >= 0.6 is 11.3 Å². The number of hydrogen-bond donors (Lipinski definition) is 0. The number of thiazole rings is 1. The fourth-order valence-corrected chi connectivity index (χ4v) is 6.97. The molecule has 2 aromatic carbocycles. The van der Waals surface area contributed by atoms with Gasteiger partial charge in [0.25, 0.3) is 5.91 Å². The Hall–Kier alpha value is -3.15. The summed E-state index contributed by atoms with van der Waals surface area (Å²) in [5.74, 6) is -0.371. The molecule has 1 aliphatic heterocycles. The molecule has 0 saturated carbocycles. The standard InChI is InChI=1S/C25H26FN5O3S2/c1-18-4-2-13-30(17-18)36(33,34)21-8-5-19(6-9-21)24(32)31(15-14-29-12-3-11-27-29)25-28-22-10-7-20(26)16-23(22)35-25/h3,5-12,16,18H,2,4,13-15,17H2,1H3. The molecule has 8 nitrogen and oxygen atoms in total. The molecule has 1 saturated heterocycles. The third-order valence-electron chi connectivity index (χ3n) is 6.29. The van der Waals surface area contributed by atoms with Crippen LogP contribution in [-0.4, -0.2) is 53.0 Å². The Morgan fingerprint density at radius 2 is 2.03 bits per heavy atom. The molecule has 1 fully saturated rings. The molecule has 0 radical (unpaired) electrons. The van der Waals surface area contributed by atoms with Gasteiger partial charge in [0.2, 0.25) is 10.0 Å². The Morgan fingerprint density at radius 1 is 1.22 bits per heavy atom. The summed E-state index contributed by atoms with van der Waals surface area (Å²) in [6.07, 6.45) is 5.33. The van der Waals surface area contributed by atoms with Crippen molar-refractivity contribution in [1.82, 2.24) is 19.1 Å². The van der Waals surface area contributed by atoms with E-state index in [1.54, 1.807) is 29.2 Å². The van der Waals surface area contributed by atoms with E-state index < -0.39 is 10.0 Å². The molecule has 188 valence electrons. The molecule has 0 N–H and O–H groups in total. The molecule has 1 aliphatic rings. The minimum absolute atomic E-state index is 0.173. The van der Waals surface area contributed by atoms with Gasteiger partial charge in [-0.1, -0.05) is 18.3 Å². The van der Waals surface area contributed by atoms with Gasteiger partial charge in [-0.2, -0.15) is 9.40 Å². The van der Waals surface area contributed by atoms with Crippen LogP contribution < -0.4 is 4.90 Å². The summed E-state index contributed by atoms with van der Waals surface area (Å²) >= 11 is 1.23. The number of benzene rings is 2. The van der Waals surface area contributed by atoms with E-state index in [4.69, 9.17) is 0 Å². The van der Waals surface area contributed by atoms with Crippen molar-refractivity contribution in [2.45, 2.75) is 31.2 Å². The number of rotatable bonds is 7. The Kier molecular flexibility index (Phi) is 6.87. The Balaban J connectivity index is 1.42. The van der Waals surface area contributed by atoms with Crippen molar-refractivity contribution in [3.8, 4) is 0 Å². The average Bonchev–Trinajstić information content (AvgIpc) is 3.54. The molecule has 1 atom stereocenters. The molecule has 36 heavy (non-hydrogen) atoms. The largest absolute Gasteiger partial charge is 0.282 e. The molecule has 1 amide bonds. The first-order valence-corrected chi connectivity index (χ1v) is 14.0. The first kappa shape index (κ1) is 24.5. The molecule has 0 bridgehead atoms. The minimum Gasteiger partial charge on any atom is -0.282 e. The average molecular weight is 528 g/mol. The number of piperidine rings is 1. The summed E-state index contributed by atoms with van der Waals surface area (Å²) in [7, 11) is -3.62. The van der Waals surface area contributed by atoms with Gasteiger partial charge in [-0.05, 0) is 67.3 Å². The van der Waals surface area contributed by atoms with Gasteiger partial charge in [0.05, 0.1) is 21.7 Å². The maximum absolute atomic E-state index is 13.7. The van der Waals surface area contributed by atoms with Crippen LogP contribution in [0, 0.1) is 11.7 Å². The third-order valence-corrected chi connectivity index (χ3v) is 9.21. The predicted molar refractivity (Wildman–Crippen MR) is 137 cm³/mol. The highest BCUT2D eigenvalue weighted by molar-refractivity contribution is 7.89. The van der Waals surface area contributed by atoms with Crippen LogP contribution in [0.25, 0.3) is 10.2 Å². The van der Waals surface area contributed by atoms with Gasteiger partial charge in [0.1, 0.15) is 5.82 Å². The number of carbonyl (C=O) groups excluding carboxylic acids is 1. The van der Waals surface area contributed by atoms with Gasteiger partial charge in [0.15, 0.2) is 5.13 Å². The first-order valence-electron chi connectivity index (χ1n) is 11.8. The molecule has 4 aromatic rings. The summed E-state index contributed by atoms with van der Waals surface area (Å²) in [5.41, 5.74) is 0.942. The smallest absolute Gasteiger partial charge is 0.260 e. The van der Waals surface area contributed by atoms with Gasteiger partial charge >= 0.3 is 0 Å². The van der Waals surface area contributed by atoms with E-state index in [9.17, 15) is 17.6 Å². The van der Waals surface area contributed by atoms with Gasteiger partial charge < -0.3 is 0 Å². The van der Waals surface area contributed by atoms with E-state index in [1.165, 1.54) is 56.9 Å². The third kappa shape index (κ3) is 5.04. The van der Waals surface area contributed by atoms with E-state index >= 15 is 0 Å². The summed E-state index contributed by atoms with van der Waals surface area (Å²) in [5, 5.41) is 4.63. The normalized spacial score (nSPS) is 16.9. The monoisotopic (exact) mass is 527 g/mol. The minimum atomic E-state index is -3.62. The molecule has 11 heteroatoms. The number of hydrogen-bond acceptors (Lipinski definition) is 6. The van der Waals surface area contributed by atoms with Crippen LogP contribution in [-0.2, 0) is 16.6 Å². The highest BCUT2D eigenvalue weighted by Crippen LogP contribution is 2.31. The van der Waals surface area contributed by atoms with Crippen LogP contribution in [0.3, 0.4) is 0 Å². The predicted octanol–water partition coefficient (Wildman–Crippen LogP) is 4.40. The SMILES string of the molecule is CC1CCCN(S(=O)(=O)c2ccc(C(=O)N(CCn3cccn3)c3nc4ccc(F)cc4s3)cc2)C1. The van der Waals surface area contributed by atoms with Crippen LogP contribution in [0.5, 0.6) is 0 Å². The number of halogens is 1. The Labute approximate surface area is 213 Å². The topological polar surface area (TPSA) is 88.4 Å². The second-order valence-electron chi connectivity index (χ2n) is 8.97. The summed E-state index contributed by atoms with van der Waals surface area (Å²) < 4.78 is 43.8. The van der Waals surface area contributed by atoms with Crippen molar-refractivity contribution in [3.05, 3.63) is 72.3 Å². The highest BCUT2D eigenvalue weighted by atomic mass is 32.2. The van der Waals surface area contributed by atoms with E-state index in [2.05, 4.69) is 17.0 Å². The van der Waals surface area contributed by atoms with Crippen molar-refractivity contribution in [1.29, 1.82) is 0 Å². The first-order chi connectivity index (χ1) is 17.3. The summed E-state index contributed by atoms with van der Waals surface area (Å²) in [4.78, 5) is 19.8. The quantitative estimate of drug-likeness (QED) is 0.356.